The Morgan fingerprint density at radius 2 is 1.88 bits per heavy atom. The molecular weight excluding hydrogens is 228 g/mol. The second kappa shape index (κ2) is 6.60. The Morgan fingerprint density at radius 3 is 2.24 bits per heavy atom. The van der Waals surface area contributed by atoms with Crippen LogP contribution in [0, 0.1) is 5.41 Å². The molecule has 0 aliphatic carbocycles. The van der Waals surface area contributed by atoms with Crippen molar-refractivity contribution >= 4 is 29.0 Å². The zero-order valence-corrected chi connectivity index (χ0v) is 12.6. The van der Waals surface area contributed by atoms with Gasteiger partial charge in [0.25, 0.3) is 0 Å². The summed E-state index contributed by atoms with van der Waals surface area (Å²) in [6.45, 7) is 16.4. The molecular formula is C14H24N2S. The van der Waals surface area contributed by atoms with Crippen molar-refractivity contribution in [3.63, 3.8) is 0 Å². The number of anilines is 1. The first kappa shape index (κ1) is 15.9. The Kier molecular flexibility index (Phi) is 6.18. The zero-order chi connectivity index (χ0) is 13.6. The monoisotopic (exact) mass is 252 g/mol. The Hall–Kier alpha value is -1.09. The van der Waals surface area contributed by atoms with Gasteiger partial charge in [0, 0.05) is 5.56 Å². The molecule has 1 aromatic heterocycles. The van der Waals surface area contributed by atoms with Crippen LogP contribution in [0.1, 0.15) is 52.0 Å². The van der Waals surface area contributed by atoms with Crippen LogP contribution in [0.25, 0.3) is 11.6 Å². The van der Waals surface area contributed by atoms with E-state index in [0.29, 0.717) is 5.82 Å². The van der Waals surface area contributed by atoms with Crippen molar-refractivity contribution in [1.29, 1.82) is 0 Å². The number of rotatable bonds is 2. The van der Waals surface area contributed by atoms with E-state index in [2.05, 4.69) is 37.8 Å². The van der Waals surface area contributed by atoms with Gasteiger partial charge in [-0.1, -0.05) is 53.3 Å². The van der Waals surface area contributed by atoms with E-state index in [1.807, 2.05) is 20.8 Å². The first-order chi connectivity index (χ1) is 7.91. The lowest BCUT2D eigenvalue weighted by atomic mass is 9.84. The molecule has 0 unspecified atom stereocenters. The number of hydrogen-bond acceptors (Lipinski definition) is 3. The van der Waals surface area contributed by atoms with E-state index in [1.165, 1.54) is 17.1 Å². The standard InChI is InChI=1S/C12H18N2S.C2H6/c1-6-8-10(15-14-11(8)13)9(7-2)12(3,4)5;1-2/h6-7H,1H2,2-5H3,(H2,13,14);1-2H3/b9-7+;. The molecule has 0 aromatic carbocycles. The fraction of sp³-hybridized carbons (Fsp3) is 0.500. The summed E-state index contributed by atoms with van der Waals surface area (Å²) in [5.74, 6) is 0.577. The molecule has 0 atom stereocenters. The number of hydrogen-bond donors (Lipinski definition) is 1. The summed E-state index contributed by atoms with van der Waals surface area (Å²) in [6.07, 6.45) is 3.91. The van der Waals surface area contributed by atoms with E-state index in [4.69, 9.17) is 5.73 Å². The van der Waals surface area contributed by atoms with Crippen molar-refractivity contribution in [2.45, 2.75) is 41.5 Å². The van der Waals surface area contributed by atoms with E-state index in [-0.39, 0.29) is 5.41 Å². The number of allylic oxidation sites excluding steroid dienone is 2. The molecule has 1 rings (SSSR count). The van der Waals surface area contributed by atoms with Gasteiger partial charge in [-0.3, -0.25) is 0 Å². The summed E-state index contributed by atoms with van der Waals surface area (Å²) >= 11 is 1.45. The van der Waals surface area contributed by atoms with Crippen LogP contribution in [0.4, 0.5) is 5.82 Å². The quantitative estimate of drug-likeness (QED) is 0.817. The number of aromatic nitrogens is 1. The molecule has 2 N–H and O–H groups in total. The van der Waals surface area contributed by atoms with Crippen LogP contribution in [0.5, 0.6) is 0 Å². The van der Waals surface area contributed by atoms with Gasteiger partial charge < -0.3 is 5.73 Å². The third kappa shape index (κ3) is 3.70. The summed E-state index contributed by atoms with van der Waals surface area (Å²) in [4.78, 5) is 1.14. The number of nitrogens with two attached hydrogens (primary N) is 1. The molecule has 96 valence electrons. The van der Waals surface area contributed by atoms with Gasteiger partial charge in [-0.2, -0.15) is 4.37 Å². The highest BCUT2D eigenvalue weighted by atomic mass is 32.1. The van der Waals surface area contributed by atoms with Gasteiger partial charge >= 0.3 is 0 Å². The number of nitrogen functional groups attached to an aromatic ring is 1. The molecule has 0 spiro atoms. The Labute approximate surface area is 109 Å². The summed E-state index contributed by atoms with van der Waals surface area (Å²) in [5.41, 5.74) is 8.12. The smallest absolute Gasteiger partial charge is 0.144 e. The minimum atomic E-state index is 0.103. The van der Waals surface area contributed by atoms with Crippen molar-refractivity contribution < 1.29 is 0 Å². The third-order valence-corrected chi connectivity index (χ3v) is 3.21. The number of nitrogens with zero attached hydrogens (tertiary/aromatic N) is 1. The highest BCUT2D eigenvalue weighted by Gasteiger charge is 2.22. The van der Waals surface area contributed by atoms with Gasteiger partial charge in [0.15, 0.2) is 0 Å². The Balaban J connectivity index is 0.00000121. The van der Waals surface area contributed by atoms with Crippen molar-refractivity contribution in [3.8, 4) is 0 Å². The molecule has 3 heteroatoms. The molecule has 1 aromatic rings. The van der Waals surface area contributed by atoms with Crippen molar-refractivity contribution in [1.82, 2.24) is 4.37 Å². The molecule has 1 heterocycles. The van der Waals surface area contributed by atoms with Crippen LogP contribution in [-0.2, 0) is 0 Å². The van der Waals surface area contributed by atoms with Crippen LogP contribution >= 0.6 is 11.5 Å². The molecule has 0 aliphatic heterocycles. The van der Waals surface area contributed by atoms with Crippen molar-refractivity contribution in [2.75, 3.05) is 5.73 Å². The van der Waals surface area contributed by atoms with Crippen LogP contribution in [0.15, 0.2) is 12.7 Å². The van der Waals surface area contributed by atoms with Gasteiger partial charge in [0.2, 0.25) is 0 Å². The van der Waals surface area contributed by atoms with Gasteiger partial charge in [-0.05, 0) is 29.4 Å². The summed E-state index contributed by atoms with van der Waals surface area (Å²) in [6, 6.07) is 0. The maximum absolute atomic E-state index is 5.79. The second-order valence-corrected chi connectivity index (χ2v) is 5.24. The molecule has 0 amide bonds. The molecule has 0 bridgehead atoms. The summed E-state index contributed by atoms with van der Waals surface area (Å²) in [7, 11) is 0. The average molecular weight is 252 g/mol. The maximum Gasteiger partial charge on any atom is 0.144 e. The molecule has 0 fully saturated rings. The Bertz CT molecular complexity index is 395. The minimum absolute atomic E-state index is 0.103. The highest BCUT2D eigenvalue weighted by molar-refractivity contribution is 7.07. The largest absolute Gasteiger partial charge is 0.382 e. The fourth-order valence-electron chi connectivity index (χ4n) is 1.61. The second-order valence-electron chi connectivity index (χ2n) is 4.47. The highest BCUT2D eigenvalue weighted by Crippen LogP contribution is 2.39. The first-order valence-corrected chi connectivity index (χ1v) is 6.74. The maximum atomic E-state index is 5.79. The lowest BCUT2D eigenvalue weighted by Gasteiger charge is -2.22. The van der Waals surface area contributed by atoms with Gasteiger partial charge in [-0.15, -0.1) is 0 Å². The predicted octanol–water partition coefficient (Wildman–Crippen LogP) is 4.84. The predicted molar refractivity (Wildman–Crippen MR) is 81.1 cm³/mol. The zero-order valence-electron chi connectivity index (χ0n) is 11.8. The van der Waals surface area contributed by atoms with Gasteiger partial charge in [-0.25, -0.2) is 0 Å². The van der Waals surface area contributed by atoms with E-state index in [1.54, 1.807) is 6.08 Å². The van der Waals surface area contributed by atoms with Crippen LogP contribution in [-0.4, -0.2) is 4.37 Å². The molecule has 0 radical (unpaired) electrons. The van der Waals surface area contributed by atoms with E-state index in [9.17, 15) is 0 Å². The third-order valence-electron chi connectivity index (χ3n) is 2.30. The molecule has 0 saturated heterocycles. The van der Waals surface area contributed by atoms with Crippen molar-refractivity contribution in [2.24, 2.45) is 5.41 Å². The first-order valence-electron chi connectivity index (χ1n) is 5.96. The van der Waals surface area contributed by atoms with E-state index in [0.717, 1.165) is 10.4 Å². The SMILES string of the molecule is C=Cc1c(N)nsc1/C(=C\C)C(C)(C)C.CC. The average Bonchev–Trinajstić information content (AvgIpc) is 2.62. The lowest BCUT2D eigenvalue weighted by Crippen LogP contribution is -2.08. The van der Waals surface area contributed by atoms with Crippen molar-refractivity contribution in [3.05, 3.63) is 23.1 Å². The molecule has 2 nitrogen and oxygen atoms in total. The van der Waals surface area contributed by atoms with Gasteiger partial charge in [0.05, 0.1) is 4.88 Å². The van der Waals surface area contributed by atoms with Gasteiger partial charge in [0.1, 0.15) is 5.82 Å². The van der Waals surface area contributed by atoms with Crippen LogP contribution < -0.4 is 5.73 Å². The van der Waals surface area contributed by atoms with Crippen LogP contribution in [0.3, 0.4) is 0 Å². The van der Waals surface area contributed by atoms with E-state index >= 15 is 0 Å². The molecule has 0 saturated carbocycles. The summed E-state index contributed by atoms with van der Waals surface area (Å²) in [5, 5.41) is 0. The topological polar surface area (TPSA) is 38.9 Å². The fourth-order valence-corrected chi connectivity index (χ4v) is 2.70. The molecule has 17 heavy (non-hydrogen) atoms. The molecule has 0 aliphatic rings. The normalized spacial score (nSPS) is 11.8. The minimum Gasteiger partial charge on any atom is -0.382 e. The van der Waals surface area contributed by atoms with Crippen LogP contribution in [0.2, 0.25) is 0 Å². The Morgan fingerprint density at radius 1 is 1.35 bits per heavy atom. The lowest BCUT2D eigenvalue weighted by molar-refractivity contribution is 0.567. The summed E-state index contributed by atoms with van der Waals surface area (Å²) < 4.78 is 4.18. The van der Waals surface area contributed by atoms with E-state index < -0.39 is 0 Å².